The number of hydrogen-bond donors (Lipinski definition) is 0. The lowest BCUT2D eigenvalue weighted by Crippen LogP contribution is -2.34. The Bertz CT molecular complexity index is 375. The van der Waals surface area contributed by atoms with Gasteiger partial charge in [-0.3, -0.25) is 4.79 Å². The van der Waals surface area contributed by atoms with E-state index in [0.29, 0.717) is 16.9 Å². The Labute approximate surface area is 99.6 Å². The van der Waals surface area contributed by atoms with Gasteiger partial charge < -0.3 is 4.90 Å². The van der Waals surface area contributed by atoms with Gasteiger partial charge in [0.15, 0.2) is 0 Å². The summed E-state index contributed by atoms with van der Waals surface area (Å²) in [5.41, 5.74) is 0.379. The molecule has 1 saturated carbocycles. The van der Waals surface area contributed by atoms with Crippen molar-refractivity contribution in [2.24, 2.45) is 0 Å². The van der Waals surface area contributed by atoms with Crippen molar-refractivity contribution in [3.05, 3.63) is 23.2 Å². The molecule has 0 radical (unpaired) electrons. The van der Waals surface area contributed by atoms with Gasteiger partial charge in [-0.15, -0.1) is 0 Å². The van der Waals surface area contributed by atoms with Gasteiger partial charge in [0.2, 0.25) is 0 Å². The van der Waals surface area contributed by atoms with Crippen LogP contribution in [0.15, 0.2) is 12.4 Å². The lowest BCUT2D eigenvalue weighted by atomic mass is 10.3. The molecule has 1 aliphatic carbocycles. The number of amides is 1. The third-order valence-corrected chi connectivity index (χ3v) is 2.75. The molecule has 0 bridgehead atoms. The van der Waals surface area contributed by atoms with E-state index < -0.39 is 0 Å². The molecule has 1 aliphatic rings. The third-order valence-electron chi connectivity index (χ3n) is 2.55. The molecule has 0 N–H and O–H groups in total. The highest BCUT2D eigenvalue weighted by Crippen LogP contribution is 2.28. The van der Waals surface area contributed by atoms with Gasteiger partial charge in [0.1, 0.15) is 10.8 Å². The number of nitrogens with zero attached hydrogens (tertiary/aromatic N) is 3. The van der Waals surface area contributed by atoms with E-state index in [2.05, 4.69) is 16.9 Å². The van der Waals surface area contributed by atoms with E-state index >= 15 is 0 Å². The Morgan fingerprint density at radius 3 is 2.75 bits per heavy atom. The molecule has 1 heterocycles. The van der Waals surface area contributed by atoms with E-state index in [1.165, 1.54) is 12.4 Å². The van der Waals surface area contributed by atoms with Gasteiger partial charge in [0, 0.05) is 12.6 Å². The predicted molar refractivity (Wildman–Crippen MR) is 61.4 cm³/mol. The summed E-state index contributed by atoms with van der Waals surface area (Å²) in [5, 5.41) is 0.310. The van der Waals surface area contributed by atoms with E-state index in [1.807, 2.05) is 4.90 Å². The number of rotatable bonds is 4. The zero-order valence-electron chi connectivity index (χ0n) is 9.19. The molecule has 4 nitrogen and oxygen atoms in total. The van der Waals surface area contributed by atoms with Crippen LogP contribution in [0.5, 0.6) is 0 Å². The number of carbonyl (C=O) groups excluding carboxylic acids is 1. The molecule has 1 fully saturated rings. The van der Waals surface area contributed by atoms with Gasteiger partial charge in [-0.25, -0.2) is 9.97 Å². The summed E-state index contributed by atoms with van der Waals surface area (Å²) in [6, 6.07) is 0.407. The largest absolute Gasteiger partial charge is 0.334 e. The zero-order chi connectivity index (χ0) is 11.5. The lowest BCUT2D eigenvalue weighted by molar-refractivity contribution is 0.0736. The van der Waals surface area contributed by atoms with Gasteiger partial charge in [-0.2, -0.15) is 0 Å². The maximum atomic E-state index is 12.1. The summed E-state index contributed by atoms with van der Waals surface area (Å²) in [7, 11) is 0. The number of hydrogen-bond acceptors (Lipinski definition) is 3. The first-order valence-corrected chi connectivity index (χ1v) is 5.88. The first-order valence-electron chi connectivity index (χ1n) is 5.51. The van der Waals surface area contributed by atoms with Crippen LogP contribution in [-0.2, 0) is 0 Å². The minimum atomic E-state index is -0.0338. The fraction of sp³-hybridized carbons (Fsp3) is 0.545. The van der Waals surface area contributed by atoms with Gasteiger partial charge in [-0.05, 0) is 19.3 Å². The van der Waals surface area contributed by atoms with Crippen molar-refractivity contribution in [1.29, 1.82) is 0 Å². The van der Waals surface area contributed by atoms with Crippen LogP contribution in [0.1, 0.15) is 36.7 Å². The van der Waals surface area contributed by atoms with Crippen molar-refractivity contribution < 1.29 is 4.79 Å². The smallest absolute Gasteiger partial charge is 0.274 e. The van der Waals surface area contributed by atoms with Crippen LogP contribution < -0.4 is 0 Å². The molecule has 0 spiro atoms. The number of halogens is 1. The molecule has 16 heavy (non-hydrogen) atoms. The first-order chi connectivity index (χ1) is 7.72. The quantitative estimate of drug-likeness (QED) is 0.809. The molecule has 2 rings (SSSR count). The van der Waals surface area contributed by atoms with E-state index in [9.17, 15) is 4.79 Å². The number of aromatic nitrogens is 2. The molecule has 0 saturated heterocycles. The summed E-state index contributed by atoms with van der Waals surface area (Å²) >= 11 is 5.63. The van der Waals surface area contributed by atoms with Crippen LogP contribution in [0, 0.1) is 0 Å². The van der Waals surface area contributed by atoms with Crippen molar-refractivity contribution in [1.82, 2.24) is 14.9 Å². The third kappa shape index (κ3) is 2.50. The topological polar surface area (TPSA) is 46.1 Å². The monoisotopic (exact) mass is 239 g/mol. The van der Waals surface area contributed by atoms with Crippen molar-refractivity contribution in [3.63, 3.8) is 0 Å². The van der Waals surface area contributed by atoms with Gasteiger partial charge >= 0.3 is 0 Å². The lowest BCUT2D eigenvalue weighted by Gasteiger charge is -2.20. The normalized spacial score (nSPS) is 14.9. The Morgan fingerprint density at radius 1 is 1.50 bits per heavy atom. The molecule has 0 atom stereocenters. The molecule has 1 amide bonds. The Morgan fingerprint density at radius 2 is 2.25 bits per heavy atom. The molecule has 0 aromatic carbocycles. The van der Waals surface area contributed by atoms with Crippen molar-refractivity contribution in [3.8, 4) is 0 Å². The van der Waals surface area contributed by atoms with Crippen LogP contribution in [0.25, 0.3) is 0 Å². The van der Waals surface area contributed by atoms with Crippen LogP contribution in [-0.4, -0.2) is 33.4 Å². The Kier molecular flexibility index (Phi) is 3.39. The summed E-state index contributed by atoms with van der Waals surface area (Å²) in [6.07, 6.45) is 6.02. The summed E-state index contributed by atoms with van der Waals surface area (Å²) in [5.74, 6) is -0.0338. The highest BCUT2D eigenvalue weighted by atomic mass is 35.5. The summed E-state index contributed by atoms with van der Waals surface area (Å²) in [6.45, 7) is 2.85. The zero-order valence-corrected chi connectivity index (χ0v) is 9.94. The van der Waals surface area contributed by atoms with E-state index in [0.717, 1.165) is 25.8 Å². The van der Waals surface area contributed by atoms with E-state index in [4.69, 9.17) is 11.6 Å². The maximum absolute atomic E-state index is 12.1. The molecule has 0 aliphatic heterocycles. The minimum absolute atomic E-state index is 0.0338. The van der Waals surface area contributed by atoms with Gasteiger partial charge in [-0.1, -0.05) is 18.5 Å². The Balaban J connectivity index is 2.12. The molecule has 1 aromatic heterocycles. The predicted octanol–water partition coefficient (Wildman–Crippen LogP) is 2.14. The molecule has 1 aromatic rings. The summed E-state index contributed by atoms with van der Waals surface area (Å²) in [4.78, 5) is 21.9. The highest BCUT2D eigenvalue weighted by Gasteiger charge is 2.32. The van der Waals surface area contributed by atoms with E-state index in [-0.39, 0.29) is 5.91 Å². The van der Waals surface area contributed by atoms with Crippen LogP contribution in [0.2, 0.25) is 5.15 Å². The van der Waals surface area contributed by atoms with Crippen molar-refractivity contribution >= 4 is 17.5 Å². The average Bonchev–Trinajstić information content (AvgIpc) is 3.10. The van der Waals surface area contributed by atoms with E-state index in [1.54, 1.807) is 0 Å². The summed E-state index contributed by atoms with van der Waals surface area (Å²) < 4.78 is 0. The number of carbonyl (C=O) groups is 1. The Hall–Kier alpha value is -1.16. The maximum Gasteiger partial charge on any atom is 0.274 e. The second-order valence-corrected chi connectivity index (χ2v) is 4.34. The second kappa shape index (κ2) is 4.78. The molecule has 86 valence electrons. The highest BCUT2D eigenvalue weighted by molar-refractivity contribution is 6.29. The fourth-order valence-corrected chi connectivity index (χ4v) is 1.74. The van der Waals surface area contributed by atoms with Crippen LogP contribution in [0.3, 0.4) is 0 Å². The molecular formula is C11H14ClN3O. The minimum Gasteiger partial charge on any atom is -0.334 e. The standard InChI is InChI=1S/C11H14ClN3O/c1-2-5-15(8-3-4-8)11(16)9-6-14-10(12)7-13-9/h6-8H,2-5H2,1H3. The molecule has 5 heteroatoms. The second-order valence-electron chi connectivity index (χ2n) is 3.95. The first kappa shape index (κ1) is 11.3. The fourth-order valence-electron chi connectivity index (χ4n) is 1.65. The van der Waals surface area contributed by atoms with Crippen molar-refractivity contribution in [2.75, 3.05) is 6.54 Å². The van der Waals surface area contributed by atoms with Gasteiger partial charge in [0.25, 0.3) is 5.91 Å². The van der Waals surface area contributed by atoms with Crippen molar-refractivity contribution in [2.45, 2.75) is 32.2 Å². The molecule has 0 unspecified atom stereocenters. The van der Waals surface area contributed by atoms with Gasteiger partial charge in [0.05, 0.1) is 12.4 Å². The van der Waals surface area contributed by atoms with Crippen LogP contribution >= 0.6 is 11.6 Å². The average molecular weight is 240 g/mol. The SMILES string of the molecule is CCCN(C(=O)c1cnc(Cl)cn1)C1CC1. The molecular weight excluding hydrogens is 226 g/mol. The van der Waals surface area contributed by atoms with Crippen LogP contribution in [0.4, 0.5) is 0 Å².